The monoisotopic (exact) mass is 182 g/mol. The molecule has 0 atom stereocenters. The molecule has 1 aromatic rings. The summed E-state index contributed by atoms with van der Waals surface area (Å²) in [4.78, 5) is 0. The van der Waals surface area contributed by atoms with Crippen molar-refractivity contribution in [1.29, 1.82) is 0 Å². The van der Waals surface area contributed by atoms with Crippen LogP contribution >= 0.6 is 0 Å². The van der Waals surface area contributed by atoms with Gasteiger partial charge in [-0.3, -0.25) is 0 Å². The molecule has 0 aliphatic carbocycles. The van der Waals surface area contributed by atoms with Crippen LogP contribution < -0.4 is 5.73 Å². The number of rotatable bonds is 4. The van der Waals surface area contributed by atoms with Gasteiger partial charge in [-0.25, -0.2) is 0 Å². The molecule has 13 heavy (non-hydrogen) atoms. The van der Waals surface area contributed by atoms with Gasteiger partial charge in [-0.2, -0.15) is 0 Å². The molecule has 0 amide bonds. The van der Waals surface area contributed by atoms with E-state index >= 15 is 0 Å². The number of hydrogen-bond donors (Lipinski definition) is 3. The van der Waals surface area contributed by atoms with E-state index in [2.05, 4.69) is 5.73 Å². The summed E-state index contributed by atoms with van der Waals surface area (Å²) < 4.78 is 0. The summed E-state index contributed by atoms with van der Waals surface area (Å²) in [6.45, 7) is -0.198. The lowest BCUT2D eigenvalue weighted by Crippen LogP contribution is -2.77. The summed E-state index contributed by atoms with van der Waals surface area (Å²) in [7, 11) is 0. The van der Waals surface area contributed by atoms with Crippen LogP contribution in [0.25, 0.3) is 0 Å². The van der Waals surface area contributed by atoms with Crippen LogP contribution in [-0.2, 0) is 6.42 Å². The molecule has 0 heterocycles. The third-order valence-electron chi connectivity index (χ3n) is 2.09. The van der Waals surface area contributed by atoms with Crippen molar-refractivity contribution in [2.75, 3.05) is 13.2 Å². The smallest absolute Gasteiger partial charge is 0.145 e. The number of quaternary nitrogens is 1. The fourth-order valence-electron chi connectivity index (χ4n) is 1.19. The Kier molecular flexibility index (Phi) is 3.42. The average Bonchev–Trinajstić information content (AvgIpc) is 2.19. The van der Waals surface area contributed by atoms with Gasteiger partial charge < -0.3 is 15.9 Å². The maximum absolute atomic E-state index is 9.02. The Morgan fingerprint density at radius 3 is 2.08 bits per heavy atom. The van der Waals surface area contributed by atoms with Crippen molar-refractivity contribution in [3.8, 4) is 0 Å². The number of aliphatic hydroxyl groups is 2. The Bertz CT molecular complexity index is 244. The minimum atomic E-state index is -0.651. The summed E-state index contributed by atoms with van der Waals surface area (Å²) in [5, 5.41) is 18.0. The second-order valence-electron chi connectivity index (χ2n) is 3.48. The largest absolute Gasteiger partial charge is 0.390 e. The molecule has 0 unspecified atom stereocenters. The van der Waals surface area contributed by atoms with Crippen molar-refractivity contribution >= 4 is 0 Å². The highest BCUT2D eigenvalue weighted by molar-refractivity contribution is 5.16. The summed E-state index contributed by atoms with van der Waals surface area (Å²) in [5.74, 6) is 0. The van der Waals surface area contributed by atoms with Gasteiger partial charge in [0.15, 0.2) is 0 Å². The molecule has 0 spiro atoms. The van der Waals surface area contributed by atoms with Crippen molar-refractivity contribution < 1.29 is 15.9 Å². The highest BCUT2D eigenvalue weighted by Gasteiger charge is 2.27. The van der Waals surface area contributed by atoms with Crippen LogP contribution in [0.15, 0.2) is 30.3 Å². The van der Waals surface area contributed by atoms with Crippen molar-refractivity contribution in [2.24, 2.45) is 0 Å². The van der Waals surface area contributed by atoms with E-state index in [4.69, 9.17) is 10.2 Å². The van der Waals surface area contributed by atoms with Gasteiger partial charge in [0.25, 0.3) is 0 Å². The molecular formula is C10H16NO2+. The van der Waals surface area contributed by atoms with Crippen LogP contribution in [0.1, 0.15) is 5.56 Å². The molecule has 0 fully saturated rings. The minimum Gasteiger partial charge on any atom is -0.390 e. The van der Waals surface area contributed by atoms with Crippen molar-refractivity contribution in [1.82, 2.24) is 0 Å². The molecular weight excluding hydrogens is 166 g/mol. The standard InChI is InChI=1S/C10H15NO2/c11-10(7-12,8-13)6-9-4-2-1-3-5-9/h1-5,12-13H,6-8,11H2/p+1. The number of aliphatic hydroxyl groups excluding tert-OH is 2. The zero-order chi connectivity index (χ0) is 9.73. The summed E-state index contributed by atoms with van der Waals surface area (Å²) >= 11 is 0. The molecule has 1 aromatic carbocycles. The first-order chi connectivity index (χ1) is 6.20. The molecule has 3 heteroatoms. The number of hydrogen-bond acceptors (Lipinski definition) is 2. The van der Waals surface area contributed by atoms with Crippen molar-refractivity contribution in [2.45, 2.75) is 12.0 Å². The minimum absolute atomic E-state index is 0.0988. The molecule has 0 aliphatic rings. The van der Waals surface area contributed by atoms with Crippen LogP contribution in [0.4, 0.5) is 0 Å². The van der Waals surface area contributed by atoms with Gasteiger partial charge in [0.05, 0.1) is 0 Å². The van der Waals surface area contributed by atoms with Gasteiger partial charge in [0.2, 0.25) is 0 Å². The van der Waals surface area contributed by atoms with Crippen molar-refractivity contribution in [3.05, 3.63) is 35.9 Å². The Morgan fingerprint density at radius 1 is 1.08 bits per heavy atom. The molecule has 0 saturated carbocycles. The van der Waals surface area contributed by atoms with Crippen LogP contribution in [0, 0.1) is 0 Å². The van der Waals surface area contributed by atoms with E-state index in [1.807, 2.05) is 30.3 Å². The normalized spacial score (nSPS) is 11.6. The van der Waals surface area contributed by atoms with Gasteiger partial charge in [-0.1, -0.05) is 30.3 Å². The Labute approximate surface area is 77.8 Å². The third-order valence-corrected chi connectivity index (χ3v) is 2.09. The van der Waals surface area contributed by atoms with E-state index in [1.165, 1.54) is 0 Å². The first kappa shape index (κ1) is 10.2. The fourth-order valence-corrected chi connectivity index (χ4v) is 1.19. The second kappa shape index (κ2) is 4.37. The van der Waals surface area contributed by atoms with Gasteiger partial charge in [0.1, 0.15) is 18.8 Å². The zero-order valence-electron chi connectivity index (χ0n) is 7.61. The van der Waals surface area contributed by atoms with Gasteiger partial charge in [-0.05, 0) is 5.56 Å². The summed E-state index contributed by atoms with van der Waals surface area (Å²) in [6, 6.07) is 9.73. The lowest BCUT2D eigenvalue weighted by atomic mass is 9.94. The van der Waals surface area contributed by atoms with Gasteiger partial charge in [0, 0.05) is 6.42 Å². The van der Waals surface area contributed by atoms with E-state index in [0.717, 1.165) is 5.56 Å². The number of benzene rings is 1. The molecule has 3 nitrogen and oxygen atoms in total. The Morgan fingerprint density at radius 2 is 1.62 bits per heavy atom. The van der Waals surface area contributed by atoms with Crippen LogP contribution in [0.3, 0.4) is 0 Å². The molecule has 0 bridgehead atoms. The lowest BCUT2D eigenvalue weighted by molar-refractivity contribution is -0.489. The molecule has 0 radical (unpaired) electrons. The highest BCUT2D eigenvalue weighted by atomic mass is 16.3. The second-order valence-corrected chi connectivity index (χ2v) is 3.48. The van der Waals surface area contributed by atoms with Crippen LogP contribution in [-0.4, -0.2) is 29.0 Å². The Hall–Kier alpha value is -0.900. The molecule has 0 aliphatic heterocycles. The van der Waals surface area contributed by atoms with E-state index in [1.54, 1.807) is 0 Å². The van der Waals surface area contributed by atoms with E-state index in [0.29, 0.717) is 6.42 Å². The summed E-state index contributed by atoms with van der Waals surface area (Å²) in [6.07, 6.45) is 0.598. The quantitative estimate of drug-likeness (QED) is 0.570. The molecule has 5 N–H and O–H groups in total. The maximum atomic E-state index is 9.02. The van der Waals surface area contributed by atoms with Gasteiger partial charge in [-0.15, -0.1) is 0 Å². The van der Waals surface area contributed by atoms with Gasteiger partial charge >= 0.3 is 0 Å². The van der Waals surface area contributed by atoms with Crippen LogP contribution in [0.5, 0.6) is 0 Å². The average molecular weight is 182 g/mol. The predicted molar refractivity (Wildman–Crippen MR) is 49.9 cm³/mol. The molecule has 1 rings (SSSR count). The van der Waals surface area contributed by atoms with E-state index in [-0.39, 0.29) is 13.2 Å². The van der Waals surface area contributed by atoms with E-state index in [9.17, 15) is 0 Å². The first-order valence-electron chi connectivity index (χ1n) is 4.31. The third kappa shape index (κ3) is 2.81. The van der Waals surface area contributed by atoms with E-state index < -0.39 is 5.54 Å². The summed E-state index contributed by atoms with van der Waals surface area (Å²) in [5.41, 5.74) is 4.23. The highest BCUT2D eigenvalue weighted by Crippen LogP contribution is 2.07. The first-order valence-corrected chi connectivity index (χ1v) is 4.31. The zero-order valence-corrected chi connectivity index (χ0v) is 7.61. The molecule has 72 valence electrons. The van der Waals surface area contributed by atoms with Crippen LogP contribution in [0.2, 0.25) is 0 Å². The fraction of sp³-hybridized carbons (Fsp3) is 0.400. The SMILES string of the molecule is [NH3+]C(CO)(CO)Cc1ccccc1. The van der Waals surface area contributed by atoms with Crippen molar-refractivity contribution in [3.63, 3.8) is 0 Å². The molecule has 0 aromatic heterocycles. The maximum Gasteiger partial charge on any atom is 0.145 e. The molecule has 0 saturated heterocycles. The predicted octanol–water partition coefficient (Wildman–Crippen LogP) is -0.806. The lowest BCUT2D eigenvalue weighted by Gasteiger charge is -2.20. The Balaban J connectivity index is 2.68. The topological polar surface area (TPSA) is 68.1 Å².